The summed E-state index contributed by atoms with van der Waals surface area (Å²) in [5, 5.41) is 8.99. The number of aromatic nitrogens is 2. The number of carbonyl (C=O) groups is 1. The molecule has 1 aromatic carbocycles. The molecule has 0 radical (unpaired) electrons. The van der Waals surface area contributed by atoms with Crippen molar-refractivity contribution in [2.75, 3.05) is 0 Å². The minimum absolute atomic E-state index is 0.0376. The summed E-state index contributed by atoms with van der Waals surface area (Å²) in [7, 11) is 0. The molecule has 0 amide bonds. The first-order valence-corrected chi connectivity index (χ1v) is 5.68. The summed E-state index contributed by atoms with van der Waals surface area (Å²) in [6.45, 7) is 0.219. The highest BCUT2D eigenvalue weighted by Gasteiger charge is 2.24. The summed E-state index contributed by atoms with van der Waals surface area (Å²) in [4.78, 5) is 14.9. The Bertz CT molecular complexity index is 621. The van der Waals surface area contributed by atoms with Gasteiger partial charge < -0.3 is 9.84 Å². The van der Waals surface area contributed by atoms with Gasteiger partial charge in [0.1, 0.15) is 18.7 Å². The Morgan fingerprint density at radius 2 is 2.35 bits per heavy atom. The Kier molecular flexibility index (Phi) is 2.19. The molecule has 0 spiro atoms. The van der Waals surface area contributed by atoms with Crippen molar-refractivity contribution in [3.05, 3.63) is 40.4 Å². The first kappa shape index (κ1) is 10.3. The molecule has 3 rings (SSSR count). The van der Waals surface area contributed by atoms with E-state index in [0.29, 0.717) is 5.69 Å². The van der Waals surface area contributed by atoms with E-state index in [0.717, 1.165) is 15.9 Å². The van der Waals surface area contributed by atoms with Crippen LogP contribution in [0.4, 0.5) is 0 Å². The van der Waals surface area contributed by atoms with E-state index in [4.69, 9.17) is 9.84 Å². The maximum Gasteiger partial charge on any atom is 0.356 e. The molecule has 1 aliphatic heterocycles. The van der Waals surface area contributed by atoms with Gasteiger partial charge in [-0.05, 0) is 18.2 Å². The van der Waals surface area contributed by atoms with Gasteiger partial charge in [-0.15, -0.1) is 0 Å². The Morgan fingerprint density at radius 3 is 3.12 bits per heavy atom. The van der Waals surface area contributed by atoms with Gasteiger partial charge in [0, 0.05) is 4.47 Å². The Morgan fingerprint density at radius 1 is 1.53 bits per heavy atom. The summed E-state index contributed by atoms with van der Waals surface area (Å²) >= 11 is 3.37. The molecular weight excluding hydrogens is 288 g/mol. The molecule has 0 bridgehead atoms. The van der Waals surface area contributed by atoms with Crippen LogP contribution in [0.25, 0.3) is 5.69 Å². The van der Waals surface area contributed by atoms with Crippen molar-refractivity contribution in [3.63, 3.8) is 0 Å². The maximum absolute atomic E-state index is 11.0. The summed E-state index contributed by atoms with van der Waals surface area (Å²) in [6.07, 6.45) is 1.51. The number of imidazole rings is 1. The number of nitrogens with zero attached hydrogens (tertiary/aromatic N) is 2. The normalized spacial score (nSPS) is 12.5. The molecule has 0 unspecified atom stereocenters. The summed E-state index contributed by atoms with van der Waals surface area (Å²) in [5.41, 5.74) is 1.39. The lowest BCUT2D eigenvalue weighted by molar-refractivity contribution is 0.0687. The fourth-order valence-corrected chi connectivity index (χ4v) is 2.19. The van der Waals surface area contributed by atoms with E-state index in [9.17, 15) is 4.79 Å². The molecule has 6 heteroatoms. The topological polar surface area (TPSA) is 64.3 Å². The number of aromatic carboxylic acids is 1. The zero-order valence-electron chi connectivity index (χ0n) is 8.55. The van der Waals surface area contributed by atoms with E-state index in [1.807, 2.05) is 18.2 Å². The van der Waals surface area contributed by atoms with Crippen molar-refractivity contribution in [1.82, 2.24) is 9.55 Å². The van der Waals surface area contributed by atoms with Crippen molar-refractivity contribution in [1.29, 1.82) is 0 Å². The SMILES string of the molecule is O=C(O)c1ncn2c1COc1ccc(Br)cc1-2. The van der Waals surface area contributed by atoms with Crippen LogP contribution < -0.4 is 4.74 Å². The number of hydrogen-bond donors (Lipinski definition) is 1. The van der Waals surface area contributed by atoms with Crippen LogP contribution in [-0.2, 0) is 6.61 Å². The van der Waals surface area contributed by atoms with Crippen LogP contribution in [-0.4, -0.2) is 20.6 Å². The maximum atomic E-state index is 11.0. The lowest BCUT2D eigenvalue weighted by atomic mass is 10.2. The number of halogens is 1. The molecule has 1 aliphatic rings. The molecule has 2 aromatic rings. The standard InChI is InChI=1S/C11H7BrN2O3/c12-6-1-2-9-7(3-6)14-5-13-10(11(15)16)8(14)4-17-9/h1-3,5H,4H2,(H,15,16). The average Bonchev–Trinajstić information content (AvgIpc) is 2.72. The molecule has 86 valence electrons. The van der Waals surface area contributed by atoms with Crippen molar-refractivity contribution in [3.8, 4) is 11.4 Å². The van der Waals surface area contributed by atoms with Crippen LogP contribution in [0.15, 0.2) is 29.0 Å². The number of fused-ring (bicyclic) bond motifs is 3. The number of ether oxygens (including phenoxy) is 1. The summed E-state index contributed by atoms with van der Waals surface area (Å²) in [6, 6.07) is 5.58. The average molecular weight is 295 g/mol. The minimum atomic E-state index is -1.04. The molecule has 0 saturated heterocycles. The Balaban J connectivity index is 2.23. The van der Waals surface area contributed by atoms with Crippen LogP contribution in [0.5, 0.6) is 5.75 Å². The third kappa shape index (κ3) is 1.52. The van der Waals surface area contributed by atoms with Crippen molar-refractivity contribution in [2.24, 2.45) is 0 Å². The highest BCUT2D eigenvalue weighted by atomic mass is 79.9. The number of rotatable bonds is 1. The van der Waals surface area contributed by atoms with Gasteiger partial charge in [0.25, 0.3) is 0 Å². The second kappa shape index (κ2) is 3.59. The molecule has 0 atom stereocenters. The molecule has 0 saturated carbocycles. The quantitative estimate of drug-likeness (QED) is 0.876. The fourth-order valence-electron chi connectivity index (χ4n) is 1.84. The van der Waals surface area contributed by atoms with Gasteiger partial charge >= 0.3 is 5.97 Å². The second-order valence-electron chi connectivity index (χ2n) is 3.62. The minimum Gasteiger partial charge on any atom is -0.485 e. The van der Waals surface area contributed by atoms with E-state index >= 15 is 0 Å². The summed E-state index contributed by atoms with van der Waals surface area (Å²) in [5.74, 6) is -0.323. The fraction of sp³-hybridized carbons (Fsp3) is 0.0909. The van der Waals surface area contributed by atoms with E-state index in [1.54, 1.807) is 4.57 Å². The second-order valence-corrected chi connectivity index (χ2v) is 4.53. The largest absolute Gasteiger partial charge is 0.485 e. The van der Waals surface area contributed by atoms with E-state index in [2.05, 4.69) is 20.9 Å². The third-order valence-electron chi connectivity index (χ3n) is 2.61. The number of benzene rings is 1. The molecule has 0 aliphatic carbocycles. The molecule has 1 N–H and O–H groups in total. The van der Waals surface area contributed by atoms with Crippen LogP contribution in [0.1, 0.15) is 16.2 Å². The predicted molar refractivity (Wildman–Crippen MR) is 62.6 cm³/mol. The van der Waals surface area contributed by atoms with Gasteiger partial charge in [0.15, 0.2) is 5.69 Å². The van der Waals surface area contributed by atoms with Gasteiger partial charge in [0.05, 0.1) is 11.4 Å². The van der Waals surface area contributed by atoms with Crippen molar-refractivity contribution < 1.29 is 14.6 Å². The van der Waals surface area contributed by atoms with Gasteiger partial charge in [0.2, 0.25) is 0 Å². The first-order valence-electron chi connectivity index (χ1n) is 4.89. The lowest BCUT2D eigenvalue weighted by Gasteiger charge is -2.20. The number of hydrogen-bond acceptors (Lipinski definition) is 3. The van der Waals surface area contributed by atoms with Crippen molar-refractivity contribution >= 4 is 21.9 Å². The monoisotopic (exact) mass is 294 g/mol. The molecule has 0 fully saturated rings. The third-order valence-corrected chi connectivity index (χ3v) is 3.11. The predicted octanol–water partition coefficient (Wildman–Crippen LogP) is 2.23. The van der Waals surface area contributed by atoms with E-state index in [1.165, 1.54) is 6.33 Å². The molecular formula is C11H7BrN2O3. The van der Waals surface area contributed by atoms with Crippen LogP contribution >= 0.6 is 15.9 Å². The zero-order chi connectivity index (χ0) is 12.0. The molecule has 17 heavy (non-hydrogen) atoms. The molecule has 5 nitrogen and oxygen atoms in total. The van der Waals surface area contributed by atoms with Gasteiger partial charge in [-0.1, -0.05) is 15.9 Å². The number of carboxylic acid groups (broad SMARTS) is 1. The van der Waals surface area contributed by atoms with Gasteiger partial charge in [-0.2, -0.15) is 0 Å². The Labute approximate surface area is 105 Å². The zero-order valence-corrected chi connectivity index (χ0v) is 10.1. The molecule has 2 heterocycles. The summed E-state index contributed by atoms with van der Waals surface area (Å²) < 4.78 is 8.15. The van der Waals surface area contributed by atoms with Gasteiger partial charge in [-0.25, -0.2) is 9.78 Å². The molecule has 1 aromatic heterocycles. The first-order chi connectivity index (χ1) is 8.16. The lowest BCUT2D eigenvalue weighted by Crippen LogP contribution is -2.14. The Hall–Kier alpha value is -1.82. The highest BCUT2D eigenvalue weighted by Crippen LogP contribution is 2.32. The van der Waals surface area contributed by atoms with E-state index < -0.39 is 5.97 Å². The van der Waals surface area contributed by atoms with Crippen LogP contribution in [0.2, 0.25) is 0 Å². The smallest absolute Gasteiger partial charge is 0.356 e. The van der Waals surface area contributed by atoms with E-state index in [-0.39, 0.29) is 12.3 Å². The highest BCUT2D eigenvalue weighted by molar-refractivity contribution is 9.10. The van der Waals surface area contributed by atoms with Crippen LogP contribution in [0.3, 0.4) is 0 Å². The van der Waals surface area contributed by atoms with Gasteiger partial charge in [-0.3, -0.25) is 4.57 Å². The van der Waals surface area contributed by atoms with Crippen molar-refractivity contribution in [2.45, 2.75) is 6.61 Å². The van der Waals surface area contributed by atoms with Crippen LogP contribution in [0, 0.1) is 0 Å². The number of carboxylic acids is 1.